The van der Waals surface area contributed by atoms with Gasteiger partial charge in [0.25, 0.3) is 0 Å². The molecule has 0 saturated carbocycles. The summed E-state index contributed by atoms with van der Waals surface area (Å²) >= 11 is 1.55. The van der Waals surface area contributed by atoms with Crippen molar-refractivity contribution in [1.82, 2.24) is 0 Å². The van der Waals surface area contributed by atoms with Gasteiger partial charge in [-0.25, -0.2) is 0 Å². The summed E-state index contributed by atoms with van der Waals surface area (Å²) in [7, 11) is 2.53. The summed E-state index contributed by atoms with van der Waals surface area (Å²) in [6, 6.07) is 0. The van der Waals surface area contributed by atoms with Crippen LogP contribution in [0.3, 0.4) is 0 Å². The standard InChI is InChI=1S/C15H26O6S/c1-5-7-8-20-10-11-15(13(16)18-3,14(17)19-4)9-12(21-11)22-6-2/h11-12H,5-10H2,1-4H3/t11-,12?/m1/s1. The van der Waals surface area contributed by atoms with Gasteiger partial charge in [-0.3, -0.25) is 9.59 Å². The molecule has 1 fully saturated rings. The van der Waals surface area contributed by atoms with Gasteiger partial charge in [-0.1, -0.05) is 20.3 Å². The van der Waals surface area contributed by atoms with Crippen molar-refractivity contribution >= 4 is 23.7 Å². The van der Waals surface area contributed by atoms with Crippen LogP contribution in [0.15, 0.2) is 0 Å². The minimum Gasteiger partial charge on any atom is -0.468 e. The molecule has 6 nitrogen and oxygen atoms in total. The van der Waals surface area contributed by atoms with Gasteiger partial charge in [0.2, 0.25) is 0 Å². The summed E-state index contributed by atoms with van der Waals surface area (Å²) in [4.78, 5) is 24.6. The number of ether oxygens (including phenoxy) is 4. The van der Waals surface area contributed by atoms with Crippen LogP contribution in [0, 0.1) is 5.41 Å². The monoisotopic (exact) mass is 334 g/mol. The maximum Gasteiger partial charge on any atom is 0.326 e. The SMILES string of the molecule is CCCCOC[C@H]1OC(SCC)CC1(C(=O)OC)C(=O)OC. The highest BCUT2D eigenvalue weighted by Gasteiger charge is 2.61. The van der Waals surface area contributed by atoms with Gasteiger partial charge in [-0.15, -0.1) is 11.8 Å². The minimum atomic E-state index is -1.44. The molecule has 0 aromatic heterocycles. The fraction of sp³-hybridized carbons (Fsp3) is 0.867. The molecule has 0 amide bonds. The largest absolute Gasteiger partial charge is 0.468 e. The Bertz CT molecular complexity index is 357. The Morgan fingerprint density at radius 3 is 2.36 bits per heavy atom. The Kier molecular flexibility index (Phi) is 8.20. The zero-order valence-corrected chi connectivity index (χ0v) is 14.6. The van der Waals surface area contributed by atoms with E-state index in [0.29, 0.717) is 6.61 Å². The van der Waals surface area contributed by atoms with Crippen LogP contribution in [0.2, 0.25) is 0 Å². The van der Waals surface area contributed by atoms with Gasteiger partial charge in [-0.05, 0) is 12.2 Å². The van der Waals surface area contributed by atoms with Crippen molar-refractivity contribution in [2.24, 2.45) is 5.41 Å². The minimum absolute atomic E-state index is 0.172. The van der Waals surface area contributed by atoms with Crippen molar-refractivity contribution in [2.75, 3.05) is 33.2 Å². The fourth-order valence-corrected chi connectivity index (χ4v) is 3.49. The molecule has 1 saturated heterocycles. The molecule has 0 aromatic carbocycles. The molecule has 0 bridgehead atoms. The summed E-state index contributed by atoms with van der Waals surface area (Å²) in [5.41, 5.74) is -1.69. The van der Waals surface area contributed by atoms with Crippen LogP contribution in [0.5, 0.6) is 0 Å². The Balaban J connectivity index is 2.93. The van der Waals surface area contributed by atoms with Crippen LogP contribution >= 0.6 is 11.8 Å². The highest BCUT2D eigenvalue weighted by Crippen LogP contribution is 2.44. The number of hydrogen-bond acceptors (Lipinski definition) is 7. The Morgan fingerprint density at radius 1 is 1.23 bits per heavy atom. The molecular weight excluding hydrogens is 308 g/mol. The van der Waals surface area contributed by atoms with Gasteiger partial charge in [-0.2, -0.15) is 0 Å². The number of unbranched alkanes of at least 4 members (excludes halogenated alkanes) is 1. The number of rotatable bonds is 9. The molecule has 1 unspecified atom stereocenters. The molecule has 1 heterocycles. The Hall–Kier alpha value is -0.790. The van der Waals surface area contributed by atoms with E-state index in [1.54, 1.807) is 11.8 Å². The van der Waals surface area contributed by atoms with Crippen LogP contribution in [0.4, 0.5) is 0 Å². The van der Waals surface area contributed by atoms with E-state index < -0.39 is 23.5 Å². The van der Waals surface area contributed by atoms with E-state index >= 15 is 0 Å². The summed E-state index contributed by atoms with van der Waals surface area (Å²) in [5.74, 6) is -0.419. The third-order valence-corrected chi connectivity index (χ3v) is 4.70. The van der Waals surface area contributed by atoms with E-state index in [2.05, 4.69) is 6.92 Å². The predicted octanol–water partition coefficient (Wildman–Crippen LogP) is 2.00. The van der Waals surface area contributed by atoms with Crippen molar-refractivity contribution < 1.29 is 28.5 Å². The molecule has 22 heavy (non-hydrogen) atoms. The molecule has 0 radical (unpaired) electrons. The molecule has 0 N–H and O–H groups in total. The van der Waals surface area contributed by atoms with Gasteiger partial charge < -0.3 is 18.9 Å². The highest BCUT2D eigenvalue weighted by atomic mass is 32.2. The van der Waals surface area contributed by atoms with E-state index in [0.717, 1.165) is 18.6 Å². The lowest BCUT2D eigenvalue weighted by molar-refractivity contribution is -0.175. The van der Waals surface area contributed by atoms with Gasteiger partial charge in [0.1, 0.15) is 11.5 Å². The van der Waals surface area contributed by atoms with Crippen LogP contribution < -0.4 is 0 Å². The second-order valence-corrected chi connectivity index (χ2v) is 6.53. The summed E-state index contributed by atoms with van der Waals surface area (Å²) in [6.07, 6.45) is 1.49. The molecule has 1 aliphatic rings. The topological polar surface area (TPSA) is 71.1 Å². The zero-order chi connectivity index (χ0) is 16.6. The van der Waals surface area contributed by atoms with E-state index in [4.69, 9.17) is 18.9 Å². The molecule has 128 valence electrons. The average Bonchev–Trinajstić information content (AvgIpc) is 2.89. The van der Waals surface area contributed by atoms with Crippen LogP contribution in [-0.4, -0.2) is 56.7 Å². The first kappa shape index (κ1) is 19.3. The Labute approximate surface area is 136 Å². The maximum absolute atomic E-state index is 12.3. The molecule has 0 spiro atoms. The summed E-state index contributed by atoms with van der Waals surface area (Å²) in [5, 5.41) is 0. The molecular formula is C15H26O6S. The van der Waals surface area contributed by atoms with Crippen molar-refractivity contribution in [3.8, 4) is 0 Å². The quantitative estimate of drug-likeness (QED) is 0.363. The molecule has 2 atom stereocenters. The Morgan fingerprint density at radius 2 is 1.86 bits per heavy atom. The van der Waals surface area contributed by atoms with Gasteiger partial charge >= 0.3 is 11.9 Å². The molecule has 0 aromatic rings. The number of esters is 2. The normalized spacial score (nSPS) is 23.3. The fourth-order valence-electron chi connectivity index (χ4n) is 2.52. The van der Waals surface area contributed by atoms with Gasteiger partial charge in [0.15, 0.2) is 5.41 Å². The smallest absolute Gasteiger partial charge is 0.326 e. The first-order chi connectivity index (χ1) is 10.6. The predicted molar refractivity (Wildman–Crippen MR) is 83.6 cm³/mol. The van der Waals surface area contributed by atoms with Gasteiger partial charge in [0.05, 0.1) is 20.8 Å². The lowest BCUT2D eigenvalue weighted by atomic mass is 9.81. The third-order valence-electron chi connectivity index (χ3n) is 3.72. The summed E-state index contributed by atoms with van der Waals surface area (Å²) < 4.78 is 21.2. The molecule has 0 aliphatic carbocycles. The average molecular weight is 334 g/mol. The zero-order valence-electron chi connectivity index (χ0n) is 13.8. The van der Waals surface area contributed by atoms with Gasteiger partial charge in [0, 0.05) is 13.0 Å². The van der Waals surface area contributed by atoms with E-state index in [-0.39, 0.29) is 18.5 Å². The van der Waals surface area contributed by atoms with E-state index in [1.807, 2.05) is 6.92 Å². The van der Waals surface area contributed by atoms with Crippen LogP contribution in [0.1, 0.15) is 33.1 Å². The second kappa shape index (κ2) is 9.37. The number of carbonyl (C=O) groups is 2. The lowest BCUT2D eigenvalue weighted by Gasteiger charge is -2.27. The van der Waals surface area contributed by atoms with Crippen molar-refractivity contribution in [3.63, 3.8) is 0 Å². The van der Waals surface area contributed by atoms with Crippen LogP contribution in [0.25, 0.3) is 0 Å². The molecule has 7 heteroatoms. The first-order valence-corrected chi connectivity index (χ1v) is 8.63. The van der Waals surface area contributed by atoms with Crippen molar-refractivity contribution in [1.29, 1.82) is 0 Å². The summed E-state index contributed by atoms with van der Waals surface area (Å²) in [6.45, 7) is 4.80. The highest BCUT2D eigenvalue weighted by molar-refractivity contribution is 7.99. The van der Waals surface area contributed by atoms with Crippen LogP contribution in [-0.2, 0) is 28.5 Å². The first-order valence-electron chi connectivity index (χ1n) is 7.58. The number of thioether (sulfide) groups is 1. The number of methoxy groups -OCH3 is 2. The van der Waals surface area contributed by atoms with Crippen molar-refractivity contribution in [2.45, 2.75) is 44.6 Å². The maximum atomic E-state index is 12.3. The van der Waals surface area contributed by atoms with Crippen molar-refractivity contribution in [3.05, 3.63) is 0 Å². The van der Waals surface area contributed by atoms with E-state index in [9.17, 15) is 9.59 Å². The number of hydrogen-bond donors (Lipinski definition) is 0. The second-order valence-electron chi connectivity index (χ2n) is 5.10. The number of carbonyl (C=O) groups excluding carboxylic acids is 2. The lowest BCUT2D eigenvalue weighted by Crippen LogP contribution is -2.49. The molecule has 1 rings (SSSR count). The third kappa shape index (κ3) is 4.14. The molecule has 1 aliphatic heterocycles. The van der Waals surface area contributed by atoms with E-state index in [1.165, 1.54) is 14.2 Å².